The Labute approximate surface area is 198 Å². The second kappa shape index (κ2) is 9.02. The number of nitrogens with one attached hydrogen (secondary N) is 1. The number of aromatic nitrogens is 1. The lowest BCUT2D eigenvalue weighted by Crippen LogP contribution is -2.51. The predicted octanol–water partition coefficient (Wildman–Crippen LogP) is 2.61. The molecule has 2 aromatic rings. The number of carbonyl (C=O) groups excluding carboxylic acids is 2. The van der Waals surface area contributed by atoms with Gasteiger partial charge in [-0.3, -0.25) is 24.7 Å². The molecule has 4 heterocycles. The smallest absolute Gasteiger partial charge is 0.243 e. The van der Waals surface area contributed by atoms with E-state index >= 15 is 0 Å². The van der Waals surface area contributed by atoms with Gasteiger partial charge in [0.15, 0.2) is 0 Å². The second-order valence-corrected chi connectivity index (χ2v) is 9.57. The van der Waals surface area contributed by atoms with Gasteiger partial charge < -0.3 is 4.90 Å². The van der Waals surface area contributed by atoms with Crippen molar-refractivity contribution in [3.05, 3.63) is 58.2 Å². The topological polar surface area (TPSA) is 68.8 Å². The summed E-state index contributed by atoms with van der Waals surface area (Å²) in [6, 6.07) is 10.1. The minimum absolute atomic E-state index is 0.137. The summed E-state index contributed by atoms with van der Waals surface area (Å²) in [5, 5.41) is 2.98. The summed E-state index contributed by atoms with van der Waals surface area (Å²) in [5.41, 5.74) is 3.63. The van der Waals surface area contributed by atoms with E-state index in [-0.39, 0.29) is 23.2 Å². The first-order valence-corrected chi connectivity index (χ1v) is 11.9. The van der Waals surface area contributed by atoms with Crippen LogP contribution in [0, 0.1) is 0 Å². The highest BCUT2D eigenvalue weighted by Crippen LogP contribution is 2.39. The number of nitrogens with zero attached hydrogens (tertiary/aromatic N) is 4. The van der Waals surface area contributed by atoms with Crippen LogP contribution in [0.1, 0.15) is 34.9 Å². The monoisotopic (exact) mass is 471 g/mol. The molecule has 0 aliphatic carbocycles. The SMILES string of the molecule is O=C1CCC(N2Cc3ccc(CN4CCN(c5ccc(Cl)cn5)CC4)cc3C2S)C(=O)N1. The highest BCUT2D eigenvalue weighted by molar-refractivity contribution is 7.80. The van der Waals surface area contributed by atoms with E-state index in [2.05, 4.69) is 43.2 Å². The molecule has 2 saturated heterocycles. The van der Waals surface area contributed by atoms with Gasteiger partial charge in [0.2, 0.25) is 11.8 Å². The van der Waals surface area contributed by atoms with Crippen LogP contribution in [0.15, 0.2) is 36.5 Å². The predicted molar refractivity (Wildman–Crippen MR) is 127 cm³/mol. The molecule has 0 bridgehead atoms. The van der Waals surface area contributed by atoms with E-state index in [1.54, 1.807) is 6.20 Å². The Morgan fingerprint density at radius 1 is 1.12 bits per heavy atom. The van der Waals surface area contributed by atoms with Gasteiger partial charge in [0.05, 0.1) is 16.4 Å². The maximum atomic E-state index is 12.3. The molecular formula is C23H26ClN5O2S. The summed E-state index contributed by atoms with van der Waals surface area (Å²) in [7, 11) is 0. The van der Waals surface area contributed by atoms with Gasteiger partial charge in [-0.2, -0.15) is 12.6 Å². The largest absolute Gasteiger partial charge is 0.354 e. The number of thiol groups is 1. The van der Waals surface area contributed by atoms with E-state index in [9.17, 15) is 9.59 Å². The highest BCUT2D eigenvalue weighted by atomic mass is 35.5. The Morgan fingerprint density at radius 2 is 1.94 bits per heavy atom. The van der Waals surface area contributed by atoms with Crippen LogP contribution in [0.25, 0.3) is 0 Å². The average molecular weight is 472 g/mol. The number of hydrogen-bond donors (Lipinski definition) is 2. The van der Waals surface area contributed by atoms with Crippen molar-refractivity contribution < 1.29 is 9.59 Å². The molecule has 1 aromatic heterocycles. The molecule has 5 rings (SSSR count). The van der Waals surface area contributed by atoms with E-state index in [0.29, 0.717) is 24.4 Å². The third-order valence-electron chi connectivity index (χ3n) is 6.58. The maximum Gasteiger partial charge on any atom is 0.243 e. The molecule has 1 N–H and O–H groups in total. The Hall–Kier alpha value is -2.13. The number of amides is 2. The molecule has 9 heteroatoms. The fourth-order valence-corrected chi connectivity index (χ4v) is 5.41. The van der Waals surface area contributed by atoms with Crippen LogP contribution >= 0.6 is 24.2 Å². The number of hydrogen-bond acceptors (Lipinski definition) is 7. The van der Waals surface area contributed by atoms with E-state index in [4.69, 9.17) is 24.2 Å². The number of imide groups is 1. The van der Waals surface area contributed by atoms with Crippen LogP contribution in [-0.2, 0) is 22.7 Å². The number of piperidine rings is 1. The van der Waals surface area contributed by atoms with Gasteiger partial charge in [0, 0.05) is 51.9 Å². The van der Waals surface area contributed by atoms with E-state index in [1.807, 2.05) is 12.1 Å². The number of pyridine rings is 1. The van der Waals surface area contributed by atoms with Gasteiger partial charge in [-0.1, -0.05) is 29.8 Å². The summed E-state index contributed by atoms with van der Waals surface area (Å²) >= 11 is 10.8. The third kappa shape index (κ3) is 4.37. The average Bonchev–Trinajstić information content (AvgIpc) is 3.11. The van der Waals surface area contributed by atoms with Crippen molar-refractivity contribution in [2.45, 2.75) is 37.3 Å². The highest BCUT2D eigenvalue weighted by Gasteiger charge is 2.39. The Kier molecular flexibility index (Phi) is 6.11. The number of halogens is 1. The van der Waals surface area contributed by atoms with Crippen LogP contribution in [0.3, 0.4) is 0 Å². The normalized spacial score (nSPS) is 24.5. The van der Waals surface area contributed by atoms with Gasteiger partial charge >= 0.3 is 0 Å². The molecule has 2 unspecified atom stereocenters. The molecule has 2 fully saturated rings. The Morgan fingerprint density at radius 3 is 2.66 bits per heavy atom. The molecular weight excluding hydrogens is 446 g/mol. The molecule has 168 valence electrons. The molecule has 2 atom stereocenters. The molecule has 7 nitrogen and oxygen atoms in total. The zero-order chi connectivity index (χ0) is 22.2. The first-order chi connectivity index (χ1) is 15.5. The molecule has 3 aliphatic heterocycles. The Bertz CT molecular complexity index is 1030. The fraction of sp³-hybridized carbons (Fsp3) is 0.435. The van der Waals surface area contributed by atoms with E-state index in [0.717, 1.165) is 38.5 Å². The number of carbonyl (C=O) groups is 2. The summed E-state index contributed by atoms with van der Waals surface area (Å²) in [5.74, 6) is 0.576. The van der Waals surface area contributed by atoms with E-state index in [1.165, 1.54) is 16.7 Å². The molecule has 1 aromatic carbocycles. The minimum atomic E-state index is -0.305. The van der Waals surface area contributed by atoms with Crippen molar-refractivity contribution in [2.75, 3.05) is 31.1 Å². The van der Waals surface area contributed by atoms with Gasteiger partial charge in [0.25, 0.3) is 0 Å². The van der Waals surface area contributed by atoms with Gasteiger partial charge in [0.1, 0.15) is 5.82 Å². The second-order valence-electron chi connectivity index (χ2n) is 8.64. The molecule has 2 amide bonds. The summed E-state index contributed by atoms with van der Waals surface area (Å²) in [4.78, 5) is 35.1. The number of anilines is 1. The number of fused-ring (bicyclic) bond motifs is 1. The first kappa shape index (κ1) is 21.7. The molecule has 0 spiro atoms. The van der Waals surface area contributed by atoms with Gasteiger partial charge in [-0.15, -0.1) is 0 Å². The quantitative estimate of drug-likeness (QED) is 0.527. The van der Waals surface area contributed by atoms with Crippen molar-refractivity contribution in [3.8, 4) is 0 Å². The summed E-state index contributed by atoms with van der Waals surface area (Å²) < 4.78 is 0. The van der Waals surface area contributed by atoms with Crippen LogP contribution in [-0.4, -0.2) is 58.8 Å². The zero-order valence-electron chi connectivity index (χ0n) is 17.7. The maximum absolute atomic E-state index is 12.3. The fourth-order valence-electron chi connectivity index (χ4n) is 4.82. The molecule has 32 heavy (non-hydrogen) atoms. The van der Waals surface area contributed by atoms with Gasteiger partial charge in [-0.05, 0) is 35.2 Å². The minimum Gasteiger partial charge on any atom is -0.354 e. The lowest BCUT2D eigenvalue weighted by molar-refractivity contribution is -0.137. The van der Waals surface area contributed by atoms with Crippen molar-refractivity contribution in [1.82, 2.24) is 20.1 Å². The van der Waals surface area contributed by atoms with E-state index < -0.39 is 0 Å². The van der Waals surface area contributed by atoms with Crippen LogP contribution in [0.2, 0.25) is 5.02 Å². The summed E-state index contributed by atoms with van der Waals surface area (Å²) in [6.45, 7) is 5.36. The number of benzene rings is 1. The van der Waals surface area contributed by atoms with Crippen molar-refractivity contribution in [3.63, 3.8) is 0 Å². The van der Waals surface area contributed by atoms with Crippen LogP contribution < -0.4 is 10.2 Å². The molecule has 0 radical (unpaired) electrons. The molecule has 0 saturated carbocycles. The number of rotatable bonds is 4. The van der Waals surface area contributed by atoms with Crippen molar-refractivity contribution in [2.24, 2.45) is 0 Å². The molecule has 3 aliphatic rings. The van der Waals surface area contributed by atoms with Crippen molar-refractivity contribution >= 4 is 41.9 Å². The number of piperazine rings is 1. The third-order valence-corrected chi connectivity index (χ3v) is 7.38. The standard InChI is InChI=1S/C23H26ClN5O2S/c24-17-3-5-20(25-12-17)28-9-7-27(8-10-28)13-15-1-2-16-14-29(23(32)18(16)11-15)19-4-6-21(30)26-22(19)31/h1-3,5,11-12,19,23,32H,4,6-10,13-14H2,(H,26,30,31). The lowest BCUT2D eigenvalue weighted by Gasteiger charge is -2.35. The first-order valence-electron chi connectivity index (χ1n) is 11.0. The van der Waals surface area contributed by atoms with Crippen LogP contribution in [0.4, 0.5) is 5.82 Å². The van der Waals surface area contributed by atoms with Crippen molar-refractivity contribution in [1.29, 1.82) is 0 Å². The van der Waals surface area contributed by atoms with Crippen LogP contribution in [0.5, 0.6) is 0 Å². The Balaban J connectivity index is 1.21. The zero-order valence-corrected chi connectivity index (χ0v) is 19.4. The lowest BCUT2D eigenvalue weighted by atomic mass is 10.0. The summed E-state index contributed by atoms with van der Waals surface area (Å²) in [6.07, 6.45) is 2.63. The van der Waals surface area contributed by atoms with Gasteiger partial charge in [-0.25, -0.2) is 4.98 Å².